The van der Waals surface area contributed by atoms with Gasteiger partial charge in [0.25, 0.3) is 0 Å². The number of carbonyl (C=O) groups is 1. The van der Waals surface area contributed by atoms with Gasteiger partial charge in [0, 0.05) is 13.1 Å². The summed E-state index contributed by atoms with van der Waals surface area (Å²) in [6.45, 7) is 0.866. The molecule has 2 amide bonds. The van der Waals surface area contributed by atoms with Crippen LogP contribution in [0, 0.1) is 0 Å². The maximum Gasteiger partial charge on any atom is 0.338 e. The van der Waals surface area contributed by atoms with E-state index < -0.39 is 16.1 Å². The first-order valence-electron chi connectivity index (χ1n) is 9.43. The predicted octanol–water partition coefficient (Wildman–Crippen LogP) is 2.01. The molecule has 156 valence electrons. The van der Waals surface area contributed by atoms with Crippen LogP contribution in [-0.4, -0.2) is 55.3 Å². The summed E-state index contributed by atoms with van der Waals surface area (Å²) < 4.78 is 32.9. The number of amides is 2. The first kappa shape index (κ1) is 21.1. The molecule has 2 aromatic carbocycles. The molecule has 0 fully saturated rings. The minimum Gasteiger partial charge on any atom is -0.492 e. The zero-order valence-electron chi connectivity index (χ0n) is 16.0. The van der Waals surface area contributed by atoms with Gasteiger partial charge in [-0.15, -0.1) is 0 Å². The molecule has 0 spiro atoms. The van der Waals surface area contributed by atoms with Crippen LogP contribution in [-0.2, 0) is 22.9 Å². The molecule has 9 heteroatoms. The van der Waals surface area contributed by atoms with Crippen LogP contribution in [0.15, 0.2) is 53.4 Å². The van der Waals surface area contributed by atoms with E-state index in [9.17, 15) is 18.4 Å². The number of aryl methyl sites for hydroxylation is 1. The van der Waals surface area contributed by atoms with Crippen LogP contribution < -0.4 is 10.5 Å². The topological polar surface area (TPSA) is 113 Å². The van der Waals surface area contributed by atoms with Crippen molar-refractivity contribution in [2.45, 2.75) is 24.2 Å². The van der Waals surface area contributed by atoms with Crippen molar-refractivity contribution in [2.75, 3.05) is 26.2 Å². The average molecular weight is 420 g/mol. The Bertz CT molecular complexity index is 950. The number of hydrogen-bond donors (Lipinski definition) is 2. The number of hydroxylamine groups is 2. The number of nitrogens with zero attached hydrogens (tertiary/aromatic N) is 2. The zero-order chi connectivity index (χ0) is 20.9. The maximum absolute atomic E-state index is 12.9. The van der Waals surface area contributed by atoms with Crippen molar-refractivity contribution in [3.8, 4) is 5.75 Å². The molecule has 2 aromatic rings. The van der Waals surface area contributed by atoms with E-state index in [1.807, 2.05) is 30.3 Å². The second-order valence-electron chi connectivity index (χ2n) is 6.82. The van der Waals surface area contributed by atoms with Crippen LogP contribution in [0.3, 0.4) is 0 Å². The number of hydrogen-bond acceptors (Lipinski definition) is 5. The minimum absolute atomic E-state index is 0.0383. The third kappa shape index (κ3) is 5.26. The molecule has 0 unspecified atom stereocenters. The van der Waals surface area contributed by atoms with E-state index in [-0.39, 0.29) is 13.2 Å². The molecule has 3 N–H and O–H groups in total. The molecule has 1 heterocycles. The molecule has 0 aromatic heterocycles. The van der Waals surface area contributed by atoms with Crippen LogP contribution >= 0.6 is 0 Å². The summed E-state index contributed by atoms with van der Waals surface area (Å²) in [6, 6.07) is 13.9. The van der Waals surface area contributed by atoms with Crippen LogP contribution in [0.2, 0.25) is 0 Å². The summed E-state index contributed by atoms with van der Waals surface area (Å²) in [4.78, 5) is 11.1. The largest absolute Gasteiger partial charge is 0.492 e. The second kappa shape index (κ2) is 9.25. The Morgan fingerprint density at radius 3 is 2.69 bits per heavy atom. The molecule has 0 aliphatic carbocycles. The molecule has 1 aliphatic heterocycles. The highest BCUT2D eigenvalue weighted by Gasteiger charge is 2.31. The third-order valence-corrected chi connectivity index (χ3v) is 6.82. The number of ether oxygens (including phenoxy) is 1. The quantitative estimate of drug-likeness (QED) is 0.502. The van der Waals surface area contributed by atoms with Crippen molar-refractivity contribution < 1.29 is 23.2 Å². The van der Waals surface area contributed by atoms with Gasteiger partial charge in [0.1, 0.15) is 12.4 Å². The molecule has 29 heavy (non-hydrogen) atoms. The van der Waals surface area contributed by atoms with Crippen LogP contribution in [0.1, 0.15) is 17.5 Å². The number of rotatable bonds is 8. The molecular formula is C20H25N3O5S. The Balaban J connectivity index is 1.59. The lowest BCUT2D eigenvalue weighted by atomic mass is 10.1. The summed E-state index contributed by atoms with van der Waals surface area (Å²) in [6.07, 6.45) is 2.20. The Morgan fingerprint density at radius 1 is 1.21 bits per heavy atom. The number of nitrogens with two attached hydrogens (primary N) is 1. The predicted molar refractivity (Wildman–Crippen MR) is 107 cm³/mol. The van der Waals surface area contributed by atoms with Gasteiger partial charge in [-0.3, -0.25) is 5.21 Å². The number of carbonyl (C=O) groups excluding carboxylic acids is 1. The summed E-state index contributed by atoms with van der Waals surface area (Å²) in [5.74, 6) is 0.481. The summed E-state index contributed by atoms with van der Waals surface area (Å²) in [5.41, 5.74) is 6.83. The van der Waals surface area contributed by atoms with Gasteiger partial charge >= 0.3 is 6.03 Å². The van der Waals surface area contributed by atoms with Gasteiger partial charge in [0.05, 0.1) is 11.4 Å². The van der Waals surface area contributed by atoms with Crippen molar-refractivity contribution >= 4 is 16.1 Å². The Morgan fingerprint density at radius 2 is 1.97 bits per heavy atom. The first-order chi connectivity index (χ1) is 13.9. The highest BCUT2D eigenvalue weighted by molar-refractivity contribution is 7.89. The number of primary amides is 1. The van der Waals surface area contributed by atoms with E-state index >= 15 is 0 Å². The number of urea groups is 1. The fraction of sp³-hybridized carbons (Fsp3) is 0.350. The standard InChI is InChI=1S/C20H25N3O5S/c21-20(24)23(25)13-14-28-18-8-9-19-17(15-18)10-12-22(29(19,26)27)11-4-7-16-5-2-1-3-6-16/h1-3,5-6,8-9,15,25H,4,7,10-14H2,(H2,21,24). The highest BCUT2D eigenvalue weighted by Crippen LogP contribution is 2.29. The minimum atomic E-state index is -3.53. The Hall–Kier alpha value is -2.62. The summed E-state index contributed by atoms with van der Waals surface area (Å²) in [7, 11) is -3.53. The highest BCUT2D eigenvalue weighted by atomic mass is 32.2. The van der Waals surface area contributed by atoms with E-state index in [4.69, 9.17) is 10.5 Å². The molecule has 0 saturated heterocycles. The smallest absolute Gasteiger partial charge is 0.338 e. The van der Waals surface area contributed by atoms with Crippen LogP contribution in [0.5, 0.6) is 5.75 Å². The maximum atomic E-state index is 12.9. The lowest BCUT2D eigenvalue weighted by Crippen LogP contribution is -2.38. The van der Waals surface area contributed by atoms with Crippen molar-refractivity contribution in [1.29, 1.82) is 0 Å². The van der Waals surface area contributed by atoms with E-state index in [0.29, 0.717) is 40.8 Å². The van der Waals surface area contributed by atoms with Gasteiger partial charge in [-0.1, -0.05) is 30.3 Å². The van der Waals surface area contributed by atoms with Crippen LogP contribution in [0.4, 0.5) is 4.79 Å². The summed E-state index contributed by atoms with van der Waals surface area (Å²) in [5, 5.41) is 9.59. The molecule has 3 rings (SSSR count). The molecule has 1 aliphatic rings. The van der Waals surface area contributed by atoms with Crippen molar-refractivity contribution in [3.05, 3.63) is 59.7 Å². The lowest BCUT2D eigenvalue weighted by molar-refractivity contribution is -0.0464. The Kier molecular flexibility index (Phi) is 6.73. The van der Waals surface area contributed by atoms with E-state index in [0.717, 1.165) is 12.8 Å². The number of fused-ring (bicyclic) bond motifs is 1. The lowest BCUT2D eigenvalue weighted by Gasteiger charge is -2.28. The van der Waals surface area contributed by atoms with Crippen LogP contribution in [0.25, 0.3) is 0 Å². The van der Waals surface area contributed by atoms with Gasteiger partial charge in [-0.05, 0) is 48.6 Å². The van der Waals surface area contributed by atoms with Crippen molar-refractivity contribution in [1.82, 2.24) is 9.37 Å². The number of benzene rings is 2. The van der Waals surface area contributed by atoms with Gasteiger partial charge in [0.15, 0.2) is 0 Å². The molecule has 0 atom stereocenters. The SMILES string of the molecule is NC(=O)N(O)CCOc1ccc2c(c1)CCN(CCCc1ccccc1)S2(=O)=O. The molecule has 8 nitrogen and oxygen atoms in total. The van der Waals surface area contributed by atoms with E-state index in [2.05, 4.69) is 0 Å². The van der Waals surface area contributed by atoms with Gasteiger partial charge < -0.3 is 10.5 Å². The van der Waals surface area contributed by atoms with Gasteiger partial charge in [0.2, 0.25) is 10.0 Å². The normalized spacial score (nSPS) is 15.5. The monoisotopic (exact) mass is 419 g/mol. The average Bonchev–Trinajstić information content (AvgIpc) is 2.70. The molecular weight excluding hydrogens is 394 g/mol. The first-order valence-corrected chi connectivity index (χ1v) is 10.9. The zero-order valence-corrected chi connectivity index (χ0v) is 16.8. The Labute approximate surface area is 170 Å². The molecule has 0 radical (unpaired) electrons. The number of sulfonamides is 1. The second-order valence-corrected chi connectivity index (χ2v) is 8.73. The molecule has 0 saturated carbocycles. The van der Waals surface area contributed by atoms with Gasteiger partial charge in [-0.2, -0.15) is 4.31 Å². The summed E-state index contributed by atoms with van der Waals surface area (Å²) >= 11 is 0. The van der Waals surface area contributed by atoms with Gasteiger partial charge in [-0.25, -0.2) is 18.3 Å². The van der Waals surface area contributed by atoms with E-state index in [1.54, 1.807) is 18.2 Å². The van der Waals surface area contributed by atoms with Crippen molar-refractivity contribution in [3.63, 3.8) is 0 Å². The molecule has 0 bridgehead atoms. The fourth-order valence-corrected chi connectivity index (χ4v) is 5.00. The van der Waals surface area contributed by atoms with E-state index in [1.165, 1.54) is 9.87 Å². The fourth-order valence-electron chi connectivity index (χ4n) is 3.29. The van der Waals surface area contributed by atoms with Crippen molar-refractivity contribution in [2.24, 2.45) is 5.73 Å². The third-order valence-electron chi connectivity index (χ3n) is 4.82.